The second kappa shape index (κ2) is 8.27. The second-order valence-electron chi connectivity index (χ2n) is 5.79. The van der Waals surface area contributed by atoms with Crippen LogP contribution < -0.4 is 24.8 Å². The van der Waals surface area contributed by atoms with Crippen LogP contribution in [-0.4, -0.2) is 31.3 Å². The number of rotatable bonds is 7. The van der Waals surface area contributed by atoms with Crippen LogP contribution in [0.5, 0.6) is 17.2 Å². The molecule has 2 N–H and O–H groups in total. The Morgan fingerprint density at radius 1 is 0.778 bits per heavy atom. The Balaban J connectivity index is 1.86. The van der Waals surface area contributed by atoms with Crippen LogP contribution in [0.2, 0.25) is 0 Å². The van der Waals surface area contributed by atoms with E-state index in [9.17, 15) is 0 Å². The van der Waals surface area contributed by atoms with Gasteiger partial charge in [-0.25, -0.2) is 4.98 Å². The van der Waals surface area contributed by atoms with E-state index >= 15 is 0 Å². The largest absolute Gasteiger partial charge is 0.497 e. The molecule has 0 aliphatic carbocycles. The summed E-state index contributed by atoms with van der Waals surface area (Å²) in [7, 11) is 4.86. The summed E-state index contributed by atoms with van der Waals surface area (Å²) in [6.45, 7) is 2.01. The van der Waals surface area contributed by atoms with E-state index in [1.807, 2.05) is 43.3 Å². The Kier molecular flexibility index (Phi) is 5.61. The Morgan fingerprint density at radius 2 is 1.48 bits per heavy atom. The molecule has 0 unspecified atom stereocenters. The number of ether oxygens (including phenoxy) is 3. The topological polar surface area (TPSA) is 77.5 Å². The molecular weight excluding hydrogens is 344 g/mol. The maximum absolute atomic E-state index is 5.39. The van der Waals surface area contributed by atoms with E-state index in [-0.39, 0.29) is 0 Å². The highest BCUT2D eigenvalue weighted by atomic mass is 16.5. The molecule has 0 saturated heterocycles. The molecule has 7 heteroatoms. The fourth-order valence-electron chi connectivity index (χ4n) is 2.58. The summed E-state index contributed by atoms with van der Waals surface area (Å²) >= 11 is 0. The van der Waals surface area contributed by atoms with Crippen LogP contribution in [0.15, 0.2) is 48.7 Å². The van der Waals surface area contributed by atoms with Crippen molar-refractivity contribution in [3.8, 4) is 17.2 Å². The number of methoxy groups -OCH3 is 3. The van der Waals surface area contributed by atoms with Crippen molar-refractivity contribution in [3.63, 3.8) is 0 Å². The number of benzene rings is 2. The molecule has 0 fully saturated rings. The van der Waals surface area contributed by atoms with Gasteiger partial charge in [0.25, 0.3) is 0 Å². The molecule has 0 radical (unpaired) electrons. The molecule has 0 aliphatic rings. The van der Waals surface area contributed by atoms with Crippen LogP contribution in [0.3, 0.4) is 0 Å². The summed E-state index contributed by atoms with van der Waals surface area (Å²) in [6.07, 6.45) is 1.67. The van der Waals surface area contributed by atoms with Gasteiger partial charge in [-0.05, 0) is 42.8 Å². The van der Waals surface area contributed by atoms with Gasteiger partial charge in [-0.2, -0.15) is 4.98 Å². The van der Waals surface area contributed by atoms with E-state index in [2.05, 4.69) is 20.6 Å². The number of anilines is 4. The molecule has 1 heterocycles. The highest BCUT2D eigenvalue weighted by molar-refractivity contribution is 5.68. The van der Waals surface area contributed by atoms with Crippen LogP contribution in [0.25, 0.3) is 0 Å². The number of hydrogen-bond donors (Lipinski definition) is 2. The van der Waals surface area contributed by atoms with Gasteiger partial charge in [0.15, 0.2) is 0 Å². The summed E-state index contributed by atoms with van der Waals surface area (Å²) < 4.78 is 16.1. The van der Waals surface area contributed by atoms with Crippen molar-refractivity contribution >= 4 is 23.1 Å². The van der Waals surface area contributed by atoms with Crippen molar-refractivity contribution in [1.29, 1.82) is 0 Å². The molecule has 0 spiro atoms. The van der Waals surface area contributed by atoms with E-state index in [4.69, 9.17) is 14.2 Å². The molecular formula is C20H22N4O3. The zero-order valence-electron chi connectivity index (χ0n) is 15.7. The van der Waals surface area contributed by atoms with Crippen LogP contribution in [0.1, 0.15) is 5.56 Å². The van der Waals surface area contributed by atoms with Gasteiger partial charge in [0.2, 0.25) is 5.95 Å². The van der Waals surface area contributed by atoms with Crippen LogP contribution in [0.4, 0.5) is 23.1 Å². The maximum Gasteiger partial charge on any atom is 0.229 e. The quantitative estimate of drug-likeness (QED) is 0.645. The average Bonchev–Trinajstić information content (AvgIpc) is 2.68. The summed E-state index contributed by atoms with van der Waals surface area (Å²) in [5.74, 6) is 3.19. The first kappa shape index (κ1) is 18.3. The van der Waals surface area contributed by atoms with Crippen molar-refractivity contribution in [2.45, 2.75) is 6.92 Å². The standard InChI is InChI=1S/C20H22N4O3/c1-13-5-7-17(26-3)15(11-13)23-20-21-10-9-19(24-20)22-16-12-14(25-2)6-8-18(16)27-4/h5-12H,1-4H3,(H2,21,22,23,24). The third kappa shape index (κ3) is 4.38. The Morgan fingerprint density at radius 3 is 2.19 bits per heavy atom. The van der Waals surface area contributed by atoms with E-state index in [0.717, 1.165) is 28.4 Å². The molecule has 2 aromatic carbocycles. The lowest BCUT2D eigenvalue weighted by Gasteiger charge is -2.14. The van der Waals surface area contributed by atoms with E-state index in [1.165, 1.54) is 0 Å². The van der Waals surface area contributed by atoms with Gasteiger partial charge in [-0.3, -0.25) is 0 Å². The van der Waals surface area contributed by atoms with Gasteiger partial charge in [0, 0.05) is 12.3 Å². The predicted molar refractivity (Wildman–Crippen MR) is 106 cm³/mol. The lowest BCUT2D eigenvalue weighted by molar-refractivity contribution is 0.405. The molecule has 0 atom stereocenters. The van der Waals surface area contributed by atoms with Crippen LogP contribution in [-0.2, 0) is 0 Å². The zero-order valence-corrected chi connectivity index (χ0v) is 15.7. The Hall–Kier alpha value is -3.48. The highest BCUT2D eigenvalue weighted by Gasteiger charge is 2.09. The molecule has 0 bridgehead atoms. The highest BCUT2D eigenvalue weighted by Crippen LogP contribution is 2.32. The van der Waals surface area contributed by atoms with Gasteiger partial charge in [0.1, 0.15) is 23.1 Å². The van der Waals surface area contributed by atoms with Gasteiger partial charge >= 0.3 is 0 Å². The SMILES string of the molecule is COc1ccc(OC)c(Nc2ccnc(Nc3cc(C)ccc3OC)n2)c1. The fourth-order valence-corrected chi connectivity index (χ4v) is 2.58. The first-order valence-corrected chi connectivity index (χ1v) is 8.36. The third-order valence-electron chi connectivity index (χ3n) is 3.93. The Bertz CT molecular complexity index is 931. The summed E-state index contributed by atoms with van der Waals surface area (Å²) in [4.78, 5) is 8.80. The normalized spacial score (nSPS) is 10.2. The number of nitrogens with one attached hydrogen (secondary N) is 2. The summed E-state index contributed by atoms with van der Waals surface area (Å²) in [5.41, 5.74) is 2.65. The van der Waals surface area contributed by atoms with Crippen molar-refractivity contribution in [1.82, 2.24) is 9.97 Å². The molecule has 0 saturated carbocycles. The predicted octanol–water partition coefficient (Wildman–Crippen LogP) is 4.30. The van der Waals surface area contributed by atoms with E-state index in [1.54, 1.807) is 33.6 Å². The van der Waals surface area contributed by atoms with Crippen molar-refractivity contribution < 1.29 is 14.2 Å². The van der Waals surface area contributed by atoms with Gasteiger partial charge in [-0.1, -0.05) is 6.07 Å². The molecule has 0 aliphatic heterocycles. The fraction of sp³-hybridized carbons (Fsp3) is 0.200. The maximum atomic E-state index is 5.39. The second-order valence-corrected chi connectivity index (χ2v) is 5.79. The summed E-state index contributed by atoms with van der Waals surface area (Å²) in [6, 6.07) is 13.2. The van der Waals surface area contributed by atoms with Crippen molar-refractivity contribution in [2.75, 3.05) is 32.0 Å². The monoisotopic (exact) mass is 366 g/mol. The molecule has 7 nitrogen and oxygen atoms in total. The van der Waals surface area contributed by atoms with Gasteiger partial charge in [-0.15, -0.1) is 0 Å². The molecule has 0 amide bonds. The third-order valence-corrected chi connectivity index (χ3v) is 3.93. The molecule has 1 aromatic heterocycles. The minimum absolute atomic E-state index is 0.450. The smallest absolute Gasteiger partial charge is 0.229 e. The van der Waals surface area contributed by atoms with E-state index in [0.29, 0.717) is 17.5 Å². The van der Waals surface area contributed by atoms with Crippen molar-refractivity contribution in [3.05, 3.63) is 54.2 Å². The van der Waals surface area contributed by atoms with Gasteiger partial charge < -0.3 is 24.8 Å². The number of hydrogen-bond acceptors (Lipinski definition) is 7. The Labute approximate surface area is 158 Å². The molecule has 27 heavy (non-hydrogen) atoms. The molecule has 3 aromatic rings. The van der Waals surface area contributed by atoms with Crippen LogP contribution >= 0.6 is 0 Å². The van der Waals surface area contributed by atoms with E-state index < -0.39 is 0 Å². The lowest BCUT2D eigenvalue weighted by Crippen LogP contribution is -2.02. The number of aryl methyl sites for hydroxylation is 1. The lowest BCUT2D eigenvalue weighted by atomic mass is 10.2. The summed E-state index contributed by atoms with van der Waals surface area (Å²) in [5, 5.41) is 6.44. The van der Waals surface area contributed by atoms with Crippen molar-refractivity contribution in [2.24, 2.45) is 0 Å². The molecule has 3 rings (SSSR count). The molecule has 140 valence electrons. The zero-order chi connectivity index (χ0) is 19.2. The minimum atomic E-state index is 0.450. The minimum Gasteiger partial charge on any atom is -0.497 e. The number of aromatic nitrogens is 2. The van der Waals surface area contributed by atoms with Gasteiger partial charge in [0.05, 0.1) is 32.7 Å². The average molecular weight is 366 g/mol. The number of nitrogens with zero attached hydrogens (tertiary/aromatic N) is 2. The first-order valence-electron chi connectivity index (χ1n) is 8.36. The first-order chi connectivity index (χ1) is 13.1. The van der Waals surface area contributed by atoms with Crippen LogP contribution in [0, 0.1) is 6.92 Å².